The quantitative estimate of drug-likeness (QED) is 0.398. The van der Waals surface area contributed by atoms with Crippen LogP contribution in [0.3, 0.4) is 0 Å². The predicted molar refractivity (Wildman–Crippen MR) is 163 cm³/mol. The van der Waals surface area contributed by atoms with Gasteiger partial charge in [-0.2, -0.15) is 0 Å². The van der Waals surface area contributed by atoms with E-state index in [0.29, 0.717) is 23.7 Å². The number of ether oxygens (including phenoxy) is 3. The number of hydrogen-bond acceptors (Lipinski definition) is 8. The minimum atomic E-state index is -1.24. The van der Waals surface area contributed by atoms with Crippen LogP contribution in [-0.2, 0) is 26.2 Å². The van der Waals surface area contributed by atoms with Crippen LogP contribution in [0.2, 0.25) is 0 Å². The Kier molecular flexibility index (Phi) is 10.2. The van der Waals surface area contributed by atoms with E-state index in [4.69, 9.17) is 14.2 Å². The fourth-order valence-corrected chi connectivity index (χ4v) is 5.83. The van der Waals surface area contributed by atoms with Gasteiger partial charge in [-0.1, -0.05) is 39.0 Å². The first-order valence-electron chi connectivity index (χ1n) is 14.3. The van der Waals surface area contributed by atoms with Crippen molar-refractivity contribution in [3.63, 3.8) is 0 Å². The van der Waals surface area contributed by atoms with Crippen molar-refractivity contribution in [2.45, 2.75) is 90.3 Å². The number of hydrogen-bond donors (Lipinski definition) is 2. The number of methoxy groups -OCH3 is 2. The van der Waals surface area contributed by atoms with Crippen LogP contribution in [0.5, 0.6) is 5.75 Å². The molecule has 42 heavy (non-hydrogen) atoms. The maximum atomic E-state index is 13.8. The largest absolute Gasteiger partial charge is 0.496 e. The number of carboxylic acid groups (broad SMARTS) is 1. The third kappa shape index (κ3) is 6.81. The van der Waals surface area contributed by atoms with Crippen LogP contribution < -0.4 is 15.0 Å². The molecule has 0 spiro atoms. The summed E-state index contributed by atoms with van der Waals surface area (Å²) in [6, 6.07) is 7.27. The number of benzene rings is 1. The molecule has 1 fully saturated rings. The summed E-state index contributed by atoms with van der Waals surface area (Å²) in [5.74, 6) is -0.461. The van der Waals surface area contributed by atoms with Gasteiger partial charge in [0, 0.05) is 57.0 Å². The van der Waals surface area contributed by atoms with E-state index in [9.17, 15) is 14.7 Å². The fraction of sp³-hybridized carbons (Fsp3) is 0.594. The van der Waals surface area contributed by atoms with Crippen molar-refractivity contribution < 1.29 is 28.9 Å². The Bertz CT molecular complexity index is 1260. The number of pyridine rings is 1. The number of anilines is 1. The van der Waals surface area contributed by atoms with Gasteiger partial charge in [-0.05, 0) is 50.8 Å². The van der Waals surface area contributed by atoms with E-state index < -0.39 is 47.8 Å². The van der Waals surface area contributed by atoms with Crippen LogP contribution in [0, 0.1) is 5.92 Å². The molecule has 0 radical (unpaired) electrons. The SMILES string of the molecule is COc1ccc(C(C)(C)C)cc1CN[C@H]1[C@H](C(C)(C)OC)[C@@H](C(=O)O)N(C(=O)OC(C)C)[C@H]1c1cccnc1N(C)C. The van der Waals surface area contributed by atoms with Crippen molar-refractivity contribution in [3.05, 3.63) is 53.2 Å². The molecule has 1 aliphatic heterocycles. The van der Waals surface area contributed by atoms with E-state index >= 15 is 0 Å². The van der Waals surface area contributed by atoms with Gasteiger partial charge in [0.05, 0.1) is 24.9 Å². The van der Waals surface area contributed by atoms with Crippen molar-refractivity contribution in [1.82, 2.24) is 15.2 Å². The number of carbonyl (C=O) groups is 2. The highest BCUT2D eigenvalue weighted by Gasteiger charge is 2.60. The minimum absolute atomic E-state index is 0.0837. The molecular formula is C32H48N4O6. The molecule has 2 aromatic rings. The summed E-state index contributed by atoms with van der Waals surface area (Å²) in [6.07, 6.45) is 0.533. The Labute approximate surface area is 250 Å². The maximum absolute atomic E-state index is 13.8. The van der Waals surface area contributed by atoms with Gasteiger partial charge in [0.15, 0.2) is 0 Å². The van der Waals surface area contributed by atoms with Crippen LogP contribution in [-0.4, -0.2) is 79.2 Å². The monoisotopic (exact) mass is 584 g/mol. The average molecular weight is 585 g/mol. The summed E-state index contributed by atoms with van der Waals surface area (Å²) < 4.78 is 17.3. The number of carboxylic acids is 1. The van der Waals surface area contributed by atoms with Crippen molar-refractivity contribution in [2.75, 3.05) is 33.2 Å². The van der Waals surface area contributed by atoms with Crippen LogP contribution in [0.15, 0.2) is 36.5 Å². The molecule has 0 bridgehead atoms. The molecule has 2 heterocycles. The van der Waals surface area contributed by atoms with E-state index in [0.717, 1.165) is 11.1 Å². The zero-order valence-electron chi connectivity index (χ0n) is 26.9. The molecule has 1 amide bonds. The van der Waals surface area contributed by atoms with Crippen LogP contribution >= 0.6 is 0 Å². The molecule has 0 aliphatic carbocycles. The molecule has 10 nitrogen and oxygen atoms in total. The summed E-state index contributed by atoms with van der Waals surface area (Å²) in [7, 11) is 6.93. The Morgan fingerprint density at radius 2 is 1.79 bits per heavy atom. The van der Waals surface area contributed by atoms with Crippen LogP contribution in [0.1, 0.15) is 71.2 Å². The molecule has 1 aromatic heterocycles. The first-order valence-corrected chi connectivity index (χ1v) is 14.3. The molecule has 4 atom stereocenters. The molecule has 0 saturated carbocycles. The lowest BCUT2D eigenvalue weighted by Gasteiger charge is -2.37. The van der Waals surface area contributed by atoms with Crippen molar-refractivity contribution in [3.8, 4) is 5.75 Å². The molecule has 1 aliphatic rings. The highest BCUT2D eigenvalue weighted by molar-refractivity contribution is 5.83. The molecular weight excluding hydrogens is 536 g/mol. The van der Waals surface area contributed by atoms with Gasteiger partial charge in [0.1, 0.15) is 17.6 Å². The summed E-state index contributed by atoms with van der Waals surface area (Å²) >= 11 is 0. The van der Waals surface area contributed by atoms with Gasteiger partial charge in [-0.3, -0.25) is 4.90 Å². The van der Waals surface area contributed by atoms with Crippen molar-refractivity contribution >= 4 is 17.9 Å². The summed E-state index contributed by atoms with van der Waals surface area (Å²) in [4.78, 5) is 34.7. The zero-order valence-corrected chi connectivity index (χ0v) is 26.9. The number of aromatic nitrogens is 1. The van der Waals surface area contributed by atoms with Gasteiger partial charge in [-0.15, -0.1) is 0 Å². The first kappa shape index (κ1) is 33.1. The standard InChI is InChI=1S/C32H48N4O6/c1-19(2)42-30(39)36-26(22-13-12-16-33-28(22)35(8)9)25(24(27(36)29(37)38)32(6,7)41-11)34-18-20-17-21(31(3,4)5)14-15-23(20)40-10/h12-17,19,24-27,34H,18H2,1-11H3,(H,37,38)/t24-,25-,26-,27-/m0/s1. The second kappa shape index (κ2) is 12.9. The molecule has 3 rings (SSSR count). The number of nitrogens with zero attached hydrogens (tertiary/aromatic N) is 3. The molecule has 10 heteroatoms. The lowest BCUT2D eigenvalue weighted by molar-refractivity contribution is -0.147. The minimum Gasteiger partial charge on any atom is -0.496 e. The Balaban J connectivity index is 2.27. The van der Waals surface area contributed by atoms with Gasteiger partial charge < -0.3 is 29.5 Å². The van der Waals surface area contributed by atoms with E-state index in [-0.39, 0.29) is 5.41 Å². The van der Waals surface area contributed by atoms with E-state index in [1.807, 2.05) is 45.0 Å². The number of nitrogens with one attached hydrogen (secondary N) is 1. The van der Waals surface area contributed by atoms with Gasteiger partial charge in [0.2, 0.25) is 0 Å². The Morgan fingerprint density at radius 1 is 1.12 bits per heavy atom. The molecule has 232 valence electrons. The normalized spacial score (nSPS) is 21.0. The summed E-state index contributed by atoms with van der Waals surface area (Å²) in [6.45, 7) is 14.0. The van der Waals surface area contributed by atoms with E-state index in [1.54, 1.807) is 40.3 Å². The number of carbonyl (C=O) groups excluding carboxylic acids is 1. The Hall–Kier alpha value is -3.37. The van der Waals surface area contributed by atoms with Crippen LogP contribution in [0.25, 0.3) is 0 Å². The third-order valence-electron chi connectivity index (χ3n) is 8.03. The molecule has 1 aromatic carbocycles. The molecule has 1 saturated heterocycles. The second-order valence-electron chi connectivity index (χ2n) is 12.9. The van der Waals surface area contributed by atoms with Crippen LogP contribution in [0.4, 0.5) is 10.6 Å². The number of aliphatic carboxylic acids is 1. The van der Waals surface area contributed by atoms with Gasteiger partial charge >= 0.3 is 12.1 Å². The maximum Gasteiger partial charge on any atom is 0.411 e. The number of likely N-dealkylation sites (tertiary alicyclic amines) is 1. The third-order valence-corrected chi connectivity index (χ3v) is 8.03. The lowest BCUT2D eigenvalue weighted by Crippen LogP contribution is -2.52. The number of rotatable bonds is 10. The highest BCUT2D eigenvalue weighted by atomic mass is 16.6. The molecule has 0 unspecified atom stereocenters. The lowest BCUT2D eigenvalue weighted by atomic mass is 9.79. The van der Waals surface area contributed by atoms with Crippen molar-refractivity contribution in [1.29, 1.82) is 0 Å². The smallest absolute Gasteiger partial charge is 0.411 e. The van der Waals surface area contributed by atoms with E-state index in [1.165, 1.54) is 4.90 Å². The number of amides is 1. The van der Waals surface area contributed by atoms with Gasteiger partial charge in [0.25, 0.3) is 0 Å². The summed E-state index contributed by atoms with van der Waals surface area (Å²) in [5, 5.41) is 14.3. The zero-order chi connectivity index (χ0) is 31.6. The first-order chi connectivity index (χ1) is 19.5. The predicted octanol–water partition coefficient (Wildman–Crippen LogP) is 5.01. The van der Waals surface area contributed by atoms with E-state index in [2.05, 4.69) is 43.2 Å². The second-order valence-corrected chi connectivity index (χ2v) is 12.9. The Morgan fingerprint density at radius 3 is 2.31 bits per heavy atom. The average Bonchev–Trinajstić information content (AvgIpc) is 3.27. The van der Waals surface area contributed by atoms with Crippen molar-refractivity contribution in [2.24, 2.45) is 5.92 Å². The van der Waals surface area contributed by atoms with Gasteiger partial charge in [-0.25, -0.2) is 14.6 Å². The summed E-state index contributed by atoms with van der Waals surface area (Å²) in [5.41, 5.74) is 1.75. The highest BCUT2D eigenvalue weighted by Crippen LogP contribution is 2.48. The topological polar surface area (TPSA) is 113 Å². The fourth-order valence-electron chi connectivity index (χ4n) is 5.83. The molecule has 2 N–H and O–H groups in total.